The molecule has 3 rings (SSSR count). The Bertz CT molecular complexity index is 891. The van der Waals surface area contributed by atoms with E-state index in [0.717, 1.165) is 18.2 Å². The van der Waals surface area contributed by atoms with E-state index in [4.69, 9.17) is 32.6 Å². The maximum atomic E-state index is 13.4. The van der Waals surface area contributed by atoms with Gasteiger partial charge in [-0.05, 0) is 30.9 Å². The van der Waals surface area contributed by atoms with E-state index in [1.54, 1.807) is 0 Å². The lowest BCUT2D eigenvalue weighted by Crippen LogP contribution is -2.42. The van der Waals surface area contributed by atoms with Gasteiger partial charge in [0.25, 0.3) is 5.91 Å². The van der Waals surface area contributed by atoms with Crippen LogP contribution in [0.1, 0.15) is 34.1 Å². The smallest absolute Gasteiger partial charge is 0.253 e. The van der Waals surface area contributed by atoms with Crippen LogP contribution in [0.3, 0.4) is 0 Å². The number of piperidine rings is 1. The third-order valence-electron chi connectivity index (χ3n) is 2.81. The fraction of sp³-hybridized carbons (Fsp3) is 0.429. The van der Waals surface area contributed by atoms with Crippen LogP contribution in [-0.2, 0) is 4.74 Å². The molecule has 2 aliphatic rings. The molecule has 2 aliphatic heterocycles. The van der Waals surface area contributed by atoms with Gasteiger partial charge in [-0.25, -0.2) is 4.39 Å². The Kier molecular flexibility index (Phi) is 1.63. The fourth-order valence-electron chi connectivity index (χ4n) is 1.66. The van der Waals surface area contributed by atoms with Crippen LogP contribution >= 0.6 is 11.6 Å². The molecule has 2 heterocycles. The largest absolute Gasteiger partial charge is 0.350 e. The van der Waals surface area contributed by atoms with Crippen molar-refractivity contribution in [2.75, 3.05) is 13.0 Å². The first-order valence-corrected chi connectivity index (χ1v) is 5.86. The van der Waals surface area contributed by atoms with Crippen molar-refractivity contribution >= 4 is 17.5 Å². The number of ether oxygens (including phenoxy) is 1. The fourth-order valence-corrected chi connectivity index (χ4v) is 1.84. The van der Waals surface area contributed by atoms with E-state index in [2.05, 4.69) is 0 Å². The number of hydrogen-bond acceptors (Lipinski definition) is 3. The molecule has 2 fully saturated rings. The molecule has 1 unspecified atom stereocenters. The minimum absolute atomic E-state index is 0.217. The number of amides is 1. The number of rotatable bonds is 1. The van der Waals surface area contributed by atoms with Crippen LogP contribution in [0, 0.1) is 17.1 Å². The Balaban J connectivity index is 2.21. The van der Waals surface area contributed by atoms with E-state index in [0.29, 0.717) is 0 Å². The van der Waals surface area contributed by atoms with Crippen LogP contribution in [0.2, 0.25) is 5.02 Å². The number of halogens is 2. The third-order valence-corrected chi connectivity index (χ3v) is 3.10. The summed E-state index contributed by atoms with van der Waals surface area (Å²) >= 11 is 5.61. The molecule has 104 valence electrons. The SMILES string of the molecule is [2H]C1([2H])N(C(=O)c2ccc(F)c(Cl)c2)C([2H])([2H])C([2H])([2H])C2(OC2C#N)C1([2H])[2H]. The van der Waals surface area contributed by atoms with Crippen LogP contribution in [-0.4, -0.2) is 35.5 Å². The summed E-state index contributed by atoms with van der Waals surface area (Å²) in [5.74, 6) is -2.34. The van der Waals surface area contributed by atoms with Crippen LogP contribution in [0.15, 0.2) is 18.2 Å². The first-order chi connectivity index (χ1) is 12.6. The zero-order valence-electron chi connectivity index (χ0n) is 17.8. The number of carbonyl (C=O) groups is 1. The monoisotopic (exact) mass is 302 g/mol. The first-order valence-electron chi connectivity index (χ1n) is 9.48. The first kappa shape index (κ1) is 6.88. The topological polar surface area (TPSA) is 56.6 Å². The molecule has 0 N–H and O–H groups in total. The Morgan fingerprint density at radius 2 is 2.30 bits per heavy atom. The molecule has 0 aliphatic carbocycles. The van der Waals surface area contributed by atoms with Crippen molar-refractivity contribution in [1.82, 2.24) is 4.90 Å². The van der Waals surface area contributed by atoms with Crippen molar-refractivity contribution in [3.63, 3.8) is 0 Å². The third kappa shape index (κ3) is 2.15. The van der Waals surface area contributed by atoms with Crippen LogP contribution in [0.5, 0.6) is 0 Å². The van der Waals surface area contributed by atoms with Gasteiger partial charge in [0.05, 0.1) is 11.1 Å². The zero-order chi connectivity index (χ0) is 21.5. The van der Waals surface area contributed by atoms with Crippen molar-refractivity contribution in [2.45, 2.75) is 24.5 Å². The van der Waals surface area contributed by atoms with E-state index >= 15 is 0 Å². The minimum Gasteiger partial charge on any atom is -0.350 e. The van der Waals surface area contributed by atoms with Gasteiger partial charge in [-0.1, -0.05) is 11.6 Å². The average molecular weight is 303 g/mol. The standard InChI is InChI=1S/C14H12ClFN2O2/c15-10-7-9(1-2-11(10)16)13(19)18-5-3-14(4-6-18)12(8-17)20-14/h1-2,7,12H,3-6H2/i3D2,4D2,5D2,6D2. The van der Waals surface area contributed by atoms with Gasteiger partial charge in [0.2, 0.25) is 0 Å². The molecule has 4 nitrogen and oxygen atoms in total. The van der Waals surface area contributed by atoms with E-state index in [1.807, 2.05) is 0 Å². The molecule has 1 amide bonds. The Hall–Kier alpha value is -1.64. The molecule has 1 atom stereocenters. The number of benzene rings is 1. The Morgan fingerprint density at radius 3 is 2.85 bits per heavy atom. The quantitative estimate of drug-likeness (QED) is 0.748. The Morgan fingerprint density at radius 1 is 1.60 bits per heavy atom. The lowest BCUT2D eigenvalue weighted by molar-refractivity contribution is 0.0663. The highest BCUT2D eigenvalue weighted by atomic mass is 35.5. The predicted molar refractivity (Wildman–Crippen MR) is 69.8 cm³/mol. The lowest BCUT2D eigenvalue weighted by Gasteiger charge is -2.30. The highest BCUT2D eigenvalue weighted by Crippen LogP contribution is 2.44. The van der Waals surface area contributed by atoms with Crippen molar-refractivity contribution in [2.24, 2.45) is 0 Å². The van der Waals surface area contributed by atoms with Crippen molar-refractivity contribution in [1.29, 1.82) is 5.26 Å². The second-order valence-electron chi connectivity index (χ2n) is 4.11. The summed E-state index contributed by atoms with van der Waals surface area (Å²) in [5.41, 5.74) is -3.24. The second-order valence-corrected chi connectivity index (χ2v) is 4.51. The summed E-state index contributed by atoms with van der Waals surface area (Å²) < 4.78 is 83.4. The summed E-state index contributed by atoms with van der Waals surface area (Å²) in [5, 5.41) is 8.54. The summed E-state index contributed by atoms with van der Waals surface area (Å²) in [4.78, 5) is 12.7. The number of hydrogen-bond donors (Lipinski definition) is 0. The second kappa shape index (κ2) is 4.72. The van der Waals surface area contributed by atoms with Gasteiger partial charge in [0.15, 0.2) is 6.10 Å². The Labute approximate surface area is 131 Å². The lowest BCUT2D eigenvalue weighted by atomic mass is 9.93. The minimum atomic E-state index is -3.44. The molecule has 1 aromatic rings. The molecule has 0 saturated carbocycles. The number of likely N-dealkylation sites (tertiary alicyclic amines) is 1. The van der Waals surface area contributed by atoms with Gasteiger partial charge in [-0.15, -0.1) is 0 Å². The van der Waals surface area contributed by atoms with Crippen LogP contribution in [0.25, 0.3) is 0 Å². The molecule has 0 radical (unpaired) electrons. The van der Waals surface area contributed by atoms with Crippen molar-refractivity contribution in [3.8, 4) is 6.07 Å². The molecule has 20 heavy (non-hydrogen) atoms. The van der Waals surface area contributed by atoms with E-state index < -0.39 is 59.8 Å². The molecule has 1 aromatic carbocycles. The van der Waals surface area contributed by atoms with Crippen LogP contribution in [0.4, 0.5) is 4.39 Å². The molecular weight excluding hydrogens is 283 g/mol. The number of nitriles is 1. The molecular formula is C14H12ClFN2O2. The van der Waals surface area contributed by atoms with Gasteiger partial charge in [-0.2, -0.15) is 5.26 Å². The maximum absolute atomic E-state index is 13.4. The highest BCUT2D eigenvalue weighted by Gasteiger charge is 2.58. The van der Waals surface area contributed by atoms with Gasteiger partial charge < -0.3 is 9.64 Å². The maximum Gasteiger partial charge on any atom is 0.253 e. The number of nitrogens with zero attached hydrogens (tertiary/aromatic N) is 2. The summed E-state index contributed by atoms with van der Waals surface area (Å²) in [6.07, 6.45) is -8.37. The van der Waals surface area contributed by atoms with Gasteiger partial charge >= 0.3 is 0 Å². The summed E-state index contributed by atoms with van der Waals surface area (Å²) in [6.45, 7) is -6.88. The summed E-state index contributed by atoms with van der Waals surface area (Å²) in [6, 6.07) is 3.94. The summed E-state index contributed by atoms with van der Waals surface area (Å²) in [7, 11) is 0. The number of epoxide rings is 1. The zero-order valence-corrected chi connectivity index (χ0v) is 10.5. The highest BCUT2D eigenvalue weighted by molar-refractivity contribution is 6.31. The van der Waals surface area contributed by atoms with Gasteiger partial charge in [0.1, 0.15) is 11.4 Å². The van der Waals surface area contributed by atoms with E-state index in [9.17, 15) is 9.18 Å². The van der Waals surface area contributed by atoms with E-state index in [-0.39, 0.29) is 4.90 Å². The van der Waals surface area contributed by atoms with Crippen molar-refractivity contribution < 1.29 is 24.9 Å². The molecule has 0 bridgehead atoms. The molecule has 2 saturated heterocycles. The van der Waals surface area contributed by atoms with E-state index in [1.165, 1.54) is 6.07 Å². The molecule has 1 spiro atoms. The normalized spacial score (nSPS) is 39.5. The average Bonchev–Trinajstić information content (AvgIpc) is 3.32. The van der Waals surface area contributed by atoms with Gasteiger partial charge in [-0.3, -0.25) is 4.79 Å². The molecule has 6 heteroatoms. The van der Waals surface area contributed by atoms with Crippen molar-refractivity contribution in [3.05, 3.63) is 34.6 Å². The predicted octanol–water partition coefficient (Wildman–Crippen LogP) is 2.38. The van der Waals surface area contributed by atoms with Crippen LogP contribution < -0.4 is 0 Å². The number of carbonyl (C=O) groups excluding carboxylic acids is 1. The van der Waals surface area contributed by atoms with Gasteiger partial charge in [0, 0.05) is 29.5 Å². The molecule has 0 aromatic heterocycles.